The number of aryl methyl sites for hydroxylation is 1. The quantitative estimate of drug-likeness (QED) is 0.131. The molecule has 6 nitrogen and oxygen atoms in total. The fraction of sp³-hybridized carbons (Fsp3) is 0.0789. The minimum Gasteiger partial charge on any atom is -0.321 e. The van der Waals surface area contributed by atoms with Gasteiger partial charge in [0.15, 0.2) is 0 Å². The van der Waals surface area contributed by atoms with Crippen LogP contribution in [0.25, 0.3) is 6.08 Å². The van der Waals surface area contributed by atoms with Crippen LogP contribution in [0.3, 0.4) is 0 Å². The molecule has 0 saturated heterocycles. The molecule has 2 N–H and O–H groups in total. The Kier molecular flexibility index (Phi) is 9.38. The van der Waals surface area contributed by atoms with E-state index in [4.69, 9.17) is 0 Å². The first-order chi connectivity index (χ1) is 22.4. The van der Waals surface area contributed by atoms with E-state index in [1.54, 1.807) is 54.2 Å². The van der Waals surface area contributed by atoms with Gasteiger partial charge in [0, 0.05) is 25.9 Å². The Labute approximate surface area is 276 Å². The molecule has 46 heavy (non-hydrogen) atoms. The second-order valence-corrected chi connectivity index (χ2v) is 13.2. The van der Waals surface area contributed by atoms with Crippen molar-refractivity contribution in [3.05, 3.63) is 150 Å². The number of thioether (sulfide) groups is 1. The summed E-state index contributed by atoms with van der Waals surface area (Å²) in [7, 11) is 0. The number of para-hydroxylation sites is 2. The number of hydrogen-bond acceptors (Lipinski definition) is 5. The molecule has 1 unspecified atom stereocenters. The summed E-state index contributed by atoms with van der Waals surface area (Å²) in [6.45, 7) is 3.90. The zero-order valence-corrected chi connectivity index (χ0v) is 26.9. The predicted octanol–water partition coefficient (Wildman–Crippen LogP) is 8.71. The lowest BCUT2D eigenvalue weighted by atomic mass is 10.1. The van der Waals surface area contributed by atoms with Crippen molar-refractivity contribution in [1.82, 2.24) is 5.32 Å². The third-order valence-electron chi connectivity index (χ3n) is 7.34. The number of hydrogen-bond donors (Lipinski definition) is 2. The number of amides is 3. The van der Waals surface area contributed by atoms with Gasteiger partial charge in [-0.15, -0.1) is 11.8 Å². The molecule has 5 aromatic rings. The first kappa shape index (κ1) is 31.0. The van der Waals surface area contributed by atoms with E-state index in [1.165, 1.54) is 11.8 Å². The van der Waals surface area contributed by atoms with Crippen LogP contribution in [0.15, 0.2) is 148 Å². The highest BCUT2D eigenvalue weighted by Crippen LogP contribution is 2.48. The van der Waals surface area contributed by atoms with Gasteiger partial charge in [0.05, 0.1) is 16.6 Å². The number of anilines is 3. The second kappa shape index (κ2) is 13.9. The molecule has 6 rings (SSSR count). The Morgan fingerprint density at radius 3 is 1.96 bits per heavy atom. The summed E-state index contributed by atoms with van der Waals surface area (Å²) in [5, 5.41) is 5.30. The normalized spacial score (nSPS) is 12.8. The van der Waals surface area contributed by atoms with Gasteiger partial charge in [-0.25, -0.2) is 0 Å². The molecule has 3 amide bonds. The van der Waals surface area contributed by atoms with Gasteiger partial charge in [-0.3, -0.25) is 19.3 Å². The second-order valence-electron chi connectivity index (χ2n) is 10.7. The molecule has 1 aliphatic rings. The van der Waals surface area contributed by atoms with Gasteiger partial charge in [-0.05, 0) is 86.2 Å². The van der Waals surface area contributed by atoms with E-state index in [2.05, 4.69) is 10.6 Å². The maximum Gasteiger partial charge on any atom is 0.272 e. The number of carbonyl (C=O) groups is 3. The predicted molar refractivity (Wildman–Crippen MR) is 188 cm³/mol. The molecule has 1 aliphatic heterocycles. The molecule has 5 aromatic carbocycles. The number of carbonyl (C=O) groups excluding carboxylic acids is 3. The SMILES string of the molecule is Cc1ccc(/C=C(\NC(=O)c2ccccc2)C(=O)Nc2ccc(SC(C)C(=O)N3c4ccccc4Sc4ccccc43)cc2)cc1. The van der Waals surface area contributed by atoms with Crippen molar-refractivity contribution in [2.24, 2.45) is 0 Å². The fourth-order valence-electron chi connectivity index (χ4n) is 4.97. The van der Waals surface area contributed by atoms with Gasteiger partial charge < -0.3 is 10.6 Å². The molecule has 0 aromatic heterocycles. The van der Waals surface area contributed by atoms with Crippen LogP contribution in [-0.2, 0) is 9.59 Å². The molecule has 0 spiro atoms. The van der Waals surface area contributed by atoms with Gasteiger partial charge in [-0.2, -0.15) is 0 Å². The molecule has 228 valence electrons. The van der Waals surface area contributed by atoms with E-state index in [-0.39, 0.29) is 22.8 Å². The number of nitrogens with one attached hydrogen (secondary N) is 2. The summed E-state index contributed by atoms with van der Waals surface area (Å²) in [4.78, 5) is 45.0. The van der Waals surface area contributed by atoms with Crippen molar-refractivity contribution in [2.75, 3.05) is 10.2 Å². The van der Waals surface area contributed by atoms with Crippen LogP contribution >= 0.6 is 23.5 Å². The standard InChI is InChI=1S/C38H31N3O3S2/c1-25-16-18-27(19-17-25)24-31(40-36(42)28-10-4-3-5-11-28)37(43)39-29-20-22-30(23-21-29)45-26(2)38(44)41-32-12-6-8-14-34(32)46-35-15-9-7-13-33(35)41/h3-24,26H,1-2H3,(H,39,43)(H,40,42)/b31-24-. The van der Waals surface area contributed by atoms with Crippen LogP contribution in [-0.4, -0.2) is 23.0 Å². The van der Waals surface area contributed by atoms with E-state index in [0.29, 0.717) is 11.3 Å². The number of fused-ring (bicyclic) bond motifs is 2. The fourth-order valence-corrected chi connectivity index (χ4v) is 6.93. The van der Waals surface area contributed by atoms with Gasteiger partial charge in [0.1, 0.15) is 5.70 Å². The molecule has 0 bridgehead atoms. The van der Waals surface area contributed by atoms with Gasteiger partial charge in [0.2, 0.25) is 5.91 Å². The molecule has 8 heteroatoms. The highest BCUT2D eigenvalue weighted by molar-refractivity contribution is 8.00. The minimum absolute atomic E-state index is 0.0115. The van der Waals surface area contributed by atoms with Gasteiger partial charge in [0.25, 0.3) is 11.8 Å². The summed E-state index contributed by atoms with van der Waals surface area (Å²) in [5.41, 5.74) is 4.78. The van der Waals surface area contributed by atoms with Crippen LogP contribution in [0.5, 0.6) is 0 Å². The highest BCUT2D eigenvalue weighted by Gasteiger charge is 2.31. The molecule has 0 fully saturated rings. The number of benzene rings is 5. The Balaban J connectivity index is 1.16. The zero-order valence-electron chi connectivity index (χ0n) is 25.3. The number of rotatable bonds is 8. The Hall–Kier alpha value is -5.05. The average molecular weight is 642 g/mol. The Morgan fingerprint density at radius 1 is 0.739 bits per heavy atom. The van der Waals surface area contributed by atoms with E-state index in [9.17, 15) is 14.4 Å². The maximum atomic E-state index is 13.9. The van der Waals surface area contributed by atoms with Crippen LogP contribution in [0, 0.1) is 6.92 Å². The Bertz CT molecular complexity index is 1880. The molecule has 0 aliphatic carbocycles. The van der Waals surface area contributed by atoms with Crippen LogP contribution in [0.1, 0.15) is 28.4 Å². The lowest BCUT2D eigenvalue weighted by molar-refractivity contribution is -0.117. The molecule has 0 saturated carbocycles. The average Bonchev–Trinajstić information content (AvgIpc) is 3.08. The van der Waals surface area contributed by atoms with Crippen molar-refractivity contribution >= 4 is 64.4 Å². The van der Waals surface area contributed by atoms with Crippen molar-refractivity contribution in [3.8, 4) is 0 Å². The molecular weight excluding hydrogens is 611 g/mol. The molecule has 1 heterocycles. The van der Waals surface area contributed by atoms with Crippen molar-refractivity contribution < 1.29 is 14.4 Å². The van der Waals surface area contributed by atoms with Crippen LogP contribution in [0.2, 0.25) is 0 Å². The monoisotopic (exact) mass is 641 g/mol. The topological polar surface area (TPSA) is 78.5 Å². The summed E-state index contributed by atoms with van der Waals surface area (Å²) < 4.78 is 0. The van der Waals surface area contributed by atoms with E-state index >= 15 is 0 Å². The Morgan fingerprint density at radius 2 is 1.33 bits per heavy atom. The highest BCUT2D eigenvalue weighted by atomic mass is 32.2. The molecular formula is C38H31N3O3S2. The third kappa shape index (κ3) is 7.09. The van der Waals surface area contributed by atoms with Crippen LogP contribution in [0.4, 0.5) is 17.1 Å². The maximum absolute atomic E-state index is 13.9. The summed E-state index contributed by atoms with van der Waals surface area (Å²) in [6, 6.07) is 39.7. The number of nitrogens with zero attached hydrogens (tertiary/aromatic N) is 1. The first-order valence-electron chi connectivity index (χ1n) is 14.8. The molecule has 1 atom stereocenters. The van der Waals surface area contributed by atoms with Gasteiger partial charge in [-0.1, -0.05) is 84.1 Å². The minimum atomic E-state index is -0.450. The third-order valence-corrected chi connectivity index (χ3v) is 9.57. The summed E-state index contributed by atoms with van der Waals surface area (Å²) in [6.07, 6.45) is 1.66. The lowest BCUT2D eigenvalue weighted by Gasteiger charge is -2.32. The van der Waals surface area contributed by atoms with Crippen molar-refractivity contribution in [2.45, 2.75) is 33.8 Å². The smallest absolute Gasteiger partial charge is 0.272 e. The zero-order chi connectivity index (χ0) is 32.0. The van der Waals surface area contributed by atoms with Gasteiger partial charge >= 0.3 is 0 Å². The summed E-state index contributed by atoms with van der Waals surface area (Å²) in [5.74, 6) is -0.839. The first-order valence-corrected chi connectivity index (χ1v) is 16.5. The van der Waals surface area contributed by atoms with E-state index in [1.807, 2.05) is 110 Å². The van der Waals surface area contributed by atoms with E-state index < -0.39 is 5.91 Å². The van der Waals surface area contributed by atoms with E-state index in [0.717, 1.165) is 37.2 Å². The summed E-state index contributed by atoms with van der Waals surface area (Å²) >= 11 is 3.13. The van der Waals surface area contributed by atoms with Crippen molar-refractivity contribution in [3.63, 3.8) is 0 Å². The largest absolute Gasteiger partial charge is 0.321 e. The van der Waals surface area contributed by atoms with Crippen LogP contribution < -0.4 is 15.5 Å². The lowest BCUT2D eigenvalue weighted by Crippen LogP contribution is -2.34. The van der Waals surface area contributed by atoms with Crippen molar-refractivity contribution in [1.29, 1.82) is 0 Å². The molecule has 0 radical (unpaired) electrons.